The van der Waals surface area contributed by atoms with E-state index in [2.05, 4.69) is 47.2 Å². The summed E-state index contributed by atoms with van der Waals surface area (Å²) in [6.07, 6.45) is 0. The molecule has 0 aliphatic carbocycles. The Balaban J connectivity index is 1.86. The van der Waals surface area contributed by atoms with E-state index in [0.29, 0.717) is 5.17 Å². The number of hydrogen-bond donors (Lipinski definition) is 2. The molecule has 4 nitrogen and oxygen atoms in total. The third kappa shape index (κ3) is 3.76. The van der Waals surface area contributed by atoms with E-state index in [1.807, 2.05) is 49.3 Å². The summed E-state index contributed by atoms with van der Waals surface area (Å²) in [6, 6.07) is 17.8. The molecule has 2 atom stereocenters. The number of amides is 1. The molecule has 24 heavy (non-hydrogen) atoms. The number of nitrogens with zero attached hydrogens (tertiary/aromatic N) is 2. The molecule has 6 heteroatoms. The normalized spacial score (nSPS) is 22.3. The summed E-state index contributed by atoms with van der Waals surface area (Å²) in [4.78, 5) is 18.8. The van der Waals surface area contributed by atoms with E-state index in [1.165, 1.54) is 11.8 Å². The van der Waals surface area contributed by atoms with Gasteiger partial charge in [0.2, 0.25) is 5.91 Å². The lowest BCUT2D eigenvalue weighted by Crippen LogP contribution is -2.42. The molecule has 124 valence electrons. The predicted molar refractivity (Wildman–Crippen MR) is 106 cm³/mol. The fourth-order valence-corrected chi connectivity index (χ4v) is 3.94. The molecule has 0 aromatic heterocycles. The number of carbonyl (C=O) groups excluding carboxylic acids is 1. The zero-order valence-corrected chi connectivity index (χ0v) is 15.2. The van der Waals surface area contributed by atoms with Gasteiger partial charge in [0, 0.05) is 19.8 Å². The van der Waals surface area contributed by atoms with E-state index in [9.17, 15) is 4.79 Å². The molecule has 1 aliphatic heterocycles. The second kappa shape index (κ2) is 7.32. The van der Waals surface area contributed by atoms with Crippen LogP contribution in [0.25, 0.3) is 0 Å². The van der Waals surface area contributed by atoms with Gasteiger partial charge >= 0.3 is 0 Å². The van der Waals surface area contributed by atoms with Crippen molar-refractivity contribution in [1.29, 1.82) is 0 Å². The number of para-hydroxylation sites is 1. The van der Waals surface area contributed by atoms with Gasteiger partial charge in [-0.25, -0.2) is 4.99 Å². The van der Waals surface area contributed by atoms with Gasteiger partial charge in [-0.15, -0.1) is 0 Å². The summed E-state index contributed by atoms with van der Waals surface area (Å²) >= 11 is 6.03. The van der Waals surface area contributed by atoms with Gasteiger partial charge in [-0.2, -0.15) is 12.6 Å². The fraction of sp³-hybridized carbons (Fsp3) is 0.222. The van der Waals surface area contributed by atoms with Crippen LogP contribution in [-0.4, -0.2) is 30.4 Å². The molecule has 0 spiro atoms. The van der Waals surface area contributed by atoms with Gasteiger partial charge in [-0.05, 0) is 29.8 Å². The van der Waals surface area contributed by atoms with Gasteiger partial charge in [0.15, 0.2) is 5.17 Å². The topological polar surface area (TPSA) is 44.7 Å². The molecule has 0 saturated carbocycles. The molecule has 1 aliphatic rings. The summed E-state index contributed by atoms with van der Waals surface area (Å²) < 4.78 is 0. The van der Waals surface area contributed by atoms with Crippen molar-refractivity contribution in [3.8, 4) is 0 Å². The first kappa shape index (κ1) is 16.9. The molecule has 1 amide bonds. The highest BCUT2D eigenvalue weighted by Gasteiger charge is 2.34. The minimum atomic E-state index is -0.407. The van der Waals surface area contributed by atoms with Gasteiger partial charge in [0.25, 0.3) is 0 Å². The first-order valence-electron chi connectivity index (χ1n) is 7.61. The van der Waals surface area contributed by atoms with Crippen molar-refractivity contribution in [2.24, 2.45) is 4.99 Å². The van der Waals surface area contributed by atoms with Crippen molar-refractivity contribution in [2.45, 2.75) is 10.5 Å². The van der Waals surface area contributed by atoms with Crippen LogP contribution in [0.2, 0.25) is 0 Å². The molecule has 1 saturated heterocycles. The van der Waals surface area contributed by atoms with E-state index >= 15 is 0 Å². The molecular weight excluding hydrogens is 338 g/mol. The average molecular weight is 358 g/mol. The lowest BCUT2D eigenvalue weighted by Gasteiger charge is -2.28. The van der Waals surface area contributed by atoms with Crippen LogP contribution in [0.5, 0.6) is 0 Å². The molecule has 0 radical (unpaired) electrons. The molecular formula is C18H19N3OS2. The molecule has 3 rings (SSSR count). The standard InChI is InChI=1S/C18H19N3OS2/c1-21(2)14-10-8-12(9-11-14)16-15(23)17(22)20-18(24-16)19-13-6-4-3-5-7-13/h3-11,15-16,23H,1-2H3,(H,19,20,22)/t15-,16-/m1/s1. The Morgan fingerprint density at radius 1 is 1.08 bits per heavy atom. The van der Waals surface area contributed by atoms with Gasteiger partial charge in [0.1, 0.15) is 0 Å². The summed E-state index contributed by atoms with van der Waals surface area (Å²) in [5.74, 6) is -0.117. The maximum Gasteiger partial charge on any atom is 0.240 e. The fourth-order valence-electron chi connectivity index (χ4n) is 2.42. The number of carbonyl (C=O) groups is 1. The number of aliphatic imine (C=N–C) groups is 1. The van der Waals surface area contributed by atoms with Crippen molar-refractivity contribution in [1.82, 2.24) is 5.32 Å². The van der Waals surface area contributed by atoms with Crippen LogP contribution >= 0.6 is 24.4 Å². The Hall–Kier alpha value is -1.92. The molecule has 2 aromatic carbocycles. The summed E-state index contributed by atoms with van der Waals surface area (Å²) in [6.45, 7) is 0. The van der Waals surface area contributed by atoms with Crippen LogP contribution in [0.3, 0.4) is 0 Å². The Labute approximate surface area is 151 Å². The van der Waals surface area contributed by atoms with Crippen molar-refractivity contribution in [2.75, 3.05) is 19.0 Å². The van der Waals surface area contributed by atoms with Crippen LogP contribution in [0.4, 0.5) is 11.4 Å². The summed E-state index contributed by atoms with van der Waals surface area (Å²) in [5.41, 5.74) is 3.01. The highest BCUT2D eigenvalue weighted by molar-refractivity contribution is 8.14. The van der Waals surface area contributed by atoms with Crippen molar-refractivity contribution in [3.63, 3.8) is 0 Å². The highest BCUT2D eigenvalue weighted by atomic mass is 32.2. The minimum Gasteiger partial charge on any atom is -0.378 e. The third-order valence-corrected chi connectivity index (χ3v) is 5.70. The van der Waals surface area contributed by atoms with E-state index in [1.54, 1.807) is 0 Å². The van der Waals surface area contributed by atoms with Crippen LogP contribution in [0.1, 0.15) is 10.8 Å². The highest BCUT2D eigenvalue weighted by Crippen LogP contribution is 2.39. The monoisotopic (exact) mass is 357 g/mol. The second-order valence-electron chi connectivity index (χ2n) is 5.71. The zero-order valence-electron chi connectivity index (χ0n) is 13.5. The quantitative estimate of drug-likeness (QED) is 0.825. The van der Waals surface area contributed by atoms with E-state index in [-0.39, 0.29) is 11.2 Å². The number of amidine groups is 1. The molecule has 1 N–H and O–H groups in total. The first-order valence-corrected chi connectivity index (χ1v) is 9.01. The summed E-state index contributed by atoms with van der Waals surface area (Å²) in [5, 5.41) is 2.97. The maximum absolute atomic E-state index is 12.3. The van der Waals surface area contributed by atoms with Crippen molar-refractivity contribution in [3.05, 3.63) is 60.2 Å². The zero-order chi connectivity index (χ0) is 17.1. The number of thioether (sulfide) groups is 1. The molecule has 0 bridgehead atoms. The smallest absolute Gasteiger partial charge is 0.240 e. The molecule has 1 fully saturated rings. The van der Waals surface area contributed by atoms with Crippen LogP contribution in [-0.2, 0) is 4.79 Å². The van der Waals surface area contributed by atoms with Gasteiger partial charge in [0.05, 0.1) is 16.2 Å². The number of thiol groups is 1. The van der Waals surface area contributed by atoms with Crippen LogP contribution in [0, 0.1) is 0 Å². The lowest BCUT2D eigenvalue weighted by atomic mass is 10.1. The van der Waals surface area contributed by atoms with Crippen molar-refractivity contribution < 1.29 is 4.79 Å². The number of hydrogen-bond acceptors (Lipinski definition) is 5. The number of rotatable bonds is 3. The number of benzene rings is 2. The second-order valence-corrected chi connectivity index (χ2v) is 7.40. The van der Waals surface area contributed by atoms with Crippen molar-refractivity contribution >= 4 is 46.8 Å². The Morgan fingerprint density at radius 2 is 1.75 bits per heavy atom. The van der Waals surface area contributed by atoms with Gasteiger partial charge < -0.3 is 10.2 Å². The summed E-state index contributed by atoms with van der Waals surface area (Å²) in [7, 11) is 4.01. The molecule has 1 heterocycles. The Kier molecular flexibility index (Phi) is 5.16. The maximum atomic E-state index is 12.3. The van der Waals surface area contributed by atoms with Crippen LogP contribution < -0.4 is 10.2 Å². The lowest BCUT2D eigenvalue weighted by molar-refractivity contribution is -0.119. The SMILES string of the molecule is CN(C)c1ccc([C@H]2SC(=Nc3ccccc3)NC(=O)[C@@H]2S)cc1. The van der Waals surface area contributed by atoms with Gasteiger partial charge in [-0.1, -0.05) is 42.1 Å². The Morgan fingerprint density at radius 3 is 2.38 bits per heavy atom. The van der Waals surface area contributed by atoms with Gasteiger partial charge in [-0.3, -0.25) is 4.79 Å². The van der Waals surface area contributed by atoms with E-state index in [4.69, 9.17) is 0 Å². The number of nitrogens with one attached hydrogen (secondary N) is 1. The van der Waals surface area contributed by atoms with E-state index in [0.717, 1.165) is 16.9 Å². The third-order valence-electron chi connectivity index (χ3n) is 3.75. The molecule has 0 unspecified atom stereocenters. The van der Waals surface area contributed by atoms with Crippen LogP contribution in [0.15, 0.2) is 59.6 Å². The first-order chi connectivity index (χ1) is 11.5. The minimum absolute atomic E-state index is 0.0687. The number of anilines is 1. The Bertz CT molecular complexity index is 745. The average Bonchev–Trinajstić information content (AvgIpc) is 2.59. The largest absolute Gasteiger partial charge is 0.378 e. The van der Waals surface area contributed by atoms with E-state index < -0.39 is 5.25 Å². The predicted octanol–water partition coefficient (Wildman–Crippen LogP) is 3.64. The molecule has 2 aromatic rings.